The quantitative estimate of drug-likeness (QED) is 0.635. The smallest absolute Gasteiger partial charge is 0.224 e. The summed E-state index contributed by atoms with van der Waals surface area (Å²) in [5, 5.41) is 5.65. The number of imidazole rings is 1. The van der Waals surface area contributed by atoms with Crippen molar-refractivity contribution in [1.29, 1.82) is 0 Å². The Morgan fingerprint density at radius 2 is 1.75 bits per heavy atom. The lowest BCUT2D eigenvalue weighted by Gasteiger charge is -2.09. The van der Waals surface area contributed by atoms with Gasteiger partial charge in [0, 0.05) is 44.5 Å². The maximum Gasteiger partial charge on any atom is 0.224 e. The van der Waals surface area contributed by atoms with Crippen LogP contribution in [0.5, 0.6) is 0 Å². The summed E-state index contributed by atoms with van der Waals surface area (Å²) < 4.78 is 2.10. The van der Waals surface area contributed by atoms with E-state index < -0.39 is 0 Å². The molecule has 1 aromatic heterocycles. The van der Waals surface area contributed by atoms with E-state index in [0.717, 1.165) is 23.6 Å². The number of anilines is 1. The van der Waals surface area contributed by atoms with Crippen LogP contribution in [0.3, 0.4) is 0 Å². The molecule has 3 aromatic rings. The van der Waals surface area contributed by atoms with Gasteiger partial charge in [-0.1, -0.05) is 42.5 Å². The number of benzene rings is 2. The van der Waals surface area contributed by atoms with Crippen molar-refractivity contribution in [3.63, 3.8) is 0 Å². The lowest BCUT2D eigenvalue weighted by atomic mass is 10.1. The second-order valence-electron chi connectivity index (χ2n) is 6.61. The number of amides is 2. The van der Waals surface area contributed by atoms with Crippen LogP contribution in [0.25, 0.3) is 0 Å². The highest BCUT2D eigenvalue weighted by atomic mass is 16.2. The second-order valence-corrected chi connectivity index (χ2v) is 6.61. The zero-order valence-electron chi connectivity index (χ0n) is 15.9. The Morgan fingerprint density at radius 3 is 2.46 bits per heavy atom. The number of nitrogens with zero attached hydrogens (tertiary/aromatic N) is 2. The predicted molar refractivity (Wildman–Crippen MR) is 109 cm³/mol. The van der Waals surface area contributed by atoms with Gasteiger partial charge in [0.25, 0.3) is 0 Å². The number of hydrogen-bond donors (Lipinski definition) is 2. The maximum atomic E-state index is 12.2. The summed E-state index contributed by atoms with van der Waals surface area (Å²) in [6.07, 6.45) is 4.73. The summed E-state index contributed by atoms with van der Waals surface area (Å²) in [5.41, 5.74) is 2.84. The molecule has 0 fully saturated rings. The number of rotatable bonds is 8. The SMILES string of the molecule is CC(=O)Nc1ccc(CC(=O)NCCc2nccn2Cc2ccccc2)cc1. The van der Waals surface area contributed by atoms with Gasteiger partial charge in [-0.15, -0.1) is 0 Å². The fraction of sp³-hybridized carbons (Fsp3) is 0.227. The molecule has 0 radical (unpaired) electrons. The van der Waals surface area contributed by atoms with Crippen molar-refractivity contribution in [2.24, 2.45) is 0 Å². The monoisotopic (exact) mass is 376 g/mol. The normalized spacial score (nSPS) is 10.5. The number of hydrogen-bond acceptors (Lipinski definition) is 3. The standard InChI is InChI=1S/C22H24N4O2/c1-17(27)25-20-9-7-18(8-10-20)15-22(28)24-12-11-21-23-13-14-26(21)16-19-5-3-2-4-6-19/h2-10,13-14H,11-12,15-16H2,1H3,(H,24,28)(H,25,27). The molecule has 0 aliphatic rings. The van der Waals surface area contributed by atoms with Crippen molar-refractivity contribution in [2.75, 3.05) is 11.9 Å². The lowest BCUT2D eigenvalue weighted by Crippen LogP contribution is -2.28. The van der Waals surface area contributed by atoms with Crippen molar-refractivity contribution in [3.05, 3.63) is 83.9 Å². The minimum Gasteiger partial charge on any atom is -0.355 e. The average Bonchev–Trinajstić information content (AvgIpc) is 3.11. The van der Waals surface area contributed by atoms with E-state index in [2.05, 4.69) is 32.3 Å². The molecule has 2 N–H and O–H groups in total. The minimum absolute atomic E-state index is 0.0338. The van der Waals surface area contributed by atoms with E-state index in [1.807, 2.05) is 36.5 Å². The molecule has 2 aromatic carbocycles. The Morgan fingerprint density at radius 1 is 1.00 bits per heavy atom. The van der Waals surface area contributed by atoms with E-state index in [1.54, 1.807) is 18.3 Å². The van der Waals surface area contributed by atoms with Crippen LogP contribution in [-0.4, -0.2) is 27.9 Å². The molecule has 0 aliphatic heterocycles. The molecule has 0 saturated carbocycles. The van der Waals surface area contributed by atoms with Gasteiger partial charge in [-0.2, -0.15) is 0 Å². The zero-order chi connectivity index (χ0) is 19.8. The molecule has 1 heterocycles. The number of nitrogens with one attached hydrogen (secondary N) is 2. The highest BCUT2D eigenvalue weighted by Crippen LogP contribution is 2.10. The molecule has 0 atom stereocenters. The molecule has 0 unspecified atom stereocenters. The molecule has 0 aliphatic carbocycles. The van der Waals surface area contributed by atoms with Gasteiger partial charge >= 0.3 is 0 Å². The average molecular weight is 376 g/mol. The third kappa shape index (κ3) is 5.81. The summed E-state index contributed by atoms with van der Waals surface area (Å²) >= 11 is 0. The zero-order valence-corrected chi connectivity index (χ0v) is 15.9. The van der Waals surface area contributed by atoms with E-state index in [1.165, 1.54) is 12.5 Å². The third-order valence-electron chi connectivity index (χ3n) is 4.31. The molecule has 28 heavy (non-hydrogen) atoms. The molecular weight excluding hydrogens is 352 g/mol. The van der Waals surface area contributed by atoms with E-state index >= 15 is 0 Å². The van der Waals surface area contributed by atoms with Crippen molar-refractivity contribution in [1.82, 2.24) is 14.9 Å². The van der Waals surface area contributed by atoms with Crippen LogP contribution in [0, 0.1) is 0 Å². The van der Waals surface area contributed by atoms with Crippen molar-refractivity contribution < 1.29 is 9.59 Å². The van der Waals surface area contributed by atoms with Gasteiger partial charge in [0.1, 0.15) is 5.82 Å². The van der Waals surface area contributed by atoms with E-state index in [0.29, 0.717) is 19.4 Å². The molecule has 0 bridgehead atoms. The van der Waals surface area contributed by atoms with Gasteiger partial charge < -0.3 is 15.2 Å². The topological polar surface area (TPSA) is 76.0 Å². The highest BCUT2D eigenvalue weighted by Gasteiger charge is 2.07. The van der Waals surface area contributed by atoms with Crippen LogP contribution in [0.1, 0.15) is 23.9 Å². The van der Waals surface area contributed by atoms with E-state index in [-0.39, 0.29) is 11.8 Å². The Kier molecular flexibility index (Phi) is 6.57. The number of carbonyl (C=O) groups is 2. The van der Waals surface area contributed by atoms with Gasteiger partial charge in [-0.25, -0.2) is 4.98 Å². The van der Waals surface area contributed by atoms with Crippen LogP contribution >= 0.6 is 0 Å². The predicted octanol–water partition coefficient (Wildman–Crippen LogP) is 2.79. The van der Waals surface area contributed by atoms with Crippen molar-refractivity contribution in [3.8, 4) is 0 Å². The molecule has 3 rings (SSSR count). The first-order valence-corrected chi connectivity index (χ1v) is 9.27. The summed E-state index contributed by atoms with van der Waals surface area (Å²) in [6, 6.07) is 17.5. The Bertz CT molecular complexity index is 917. The summed E-state index contributed by atoms with van der Waals surface area (Å²) in [7, 11) is 0. The molecule has 2 amide bonds. The van der Waals surface area contributed by atoms with Gasteiger partial charge in [-0.3, -0.25) is 9.59 Å². The molecular formula is C22H24N4O2. The summed E-state index contributed by atoms with van der Waals surface area (Å²) in [6.45, 7) is 2.77. The number of aromatic nitrogens is 2. The van der Waals surface area contributed by atoms with E-state index in [4.69, 9.17) is 0 Å². The van der Waals surface area contributed by atoms with Crippen LogP contribution < -0.4 is 10.6 Å². The maximum absolute atomic E-state index is 12.2. The fourth-order valence-corrected chi connectivity index (χ4v) is 2.96. The summed E-state index contributed by atoms with van der Waals surface area (Å²) in [4.78, 5) is 27.6. The van der Waals surface area contributed by atoms with Crippen molar-refractivity contribution >= 4 is 17.5 Å². The Balaban J connectivity index is 1.46. The molecule has 144 valence electrons. The Hall–Kier alpha value is -3.41. The van der Waals surface area contributed by atoms with E-state index in [9.17, 15) is 9.59 Å². The van der Waals surface area contributed by atoms with Gasteiger partial charge in [-0.05, 0) is 23.3 Å². The largest absolute Gasteiger partial charge is 0.355 e. The minimum atomic E-state index is -0.115. The molecule has 0 spiro atoms. The van der Waals surface area contributed by atoms with Crippen LogP contribution in [0.15, 0.2) is 67.0 Å². The molecule has 6 heteroatoms. The third-order valence-corrected chi connectivity index (χ3v) is 4.31. The van der Waals surface area contributed by atoms with Crippen LogP contribution in [0.2, 0.25) is 0 Å². The highest BCUT2D eigenvalue weighted by molar-refractivity contribution is 5.88. The molecule has 6 nitrogen and oxygen atoms in total. The van der Waals surface area contributed by atoms with Crippen LogP contribution in [-0.2, 0) is 29.0 Å². The van der Waals surface area contributed by atoms with Gasteiger partial charge in [0.2, 0.25) is 11.8 Å². The van der Waals surface area contributed by atoms with Crippen LogP contribution in [0.4, 0.5) is 5.69 Å². The Labute approximate surface area is 164 Å². The first-order chi connectivity index (χ1) is 13.6. The first kappa shape index (κ1) is 19.4. The first-order valence-electron chi connectivity index (χ1n) is 9.27. The second kappa shape index (κ2) is 9.50. The number of carbonyl (C=O) groups excluding carboxylic acids is 2. The molecule has 0 saturated heterocycles. The van der Waals surface area contributed by atoms with Crippen molar-refractivity contribution in [2.45, 2.75) is 26.3 Å². The summed E-state index contributed by atoms with van der Waals surface area (Å²) in [5.74, 6) is 0.799. The lowest BCUT2D eigenvalue weighted by molar-refractivity contribution is -0.120. The van der Waals surface area contributed by atoms with Gasteiger partial charge in [0.15, 0.2) is 0 Å². The van der Waals surface area contributed by atoms with Gasteiger partial charge in [0.05, 0.1) is 6.42 Å². The fourth-order valence-electron chi connectivity index (χ4n) is 2.96.